The molecule has 3 aromatic rings. The monoisotopic (exact) mass is 410 g/mol. The summed E-state index contributed by atoms with van der Waals surface area (Å²) in [6.07, 6.45) is 0. The van der Waals surface area contributed by atoms with E-state index in [-0.39, 0.29) is 28.3 Å². The Morgan fingerprint density at radius 3 is 2.21 bits per heavy atom. The number of aryl methyl sites for hydroxylation is 1. The number of halogens is 1. The van der Waals surface area contributed by atoms with Crippen molar-refractivity contribution >= 4 is 23.5 Å². The summed E-state index contributed by atoms with van der Waals surface area (Å²) in [4.78, 5) is 24.1. The molecule has 2 N–H and O–H groups in total. The van der Waals surface area contributed by atoms with Crippen molar-refractivity contribution in [1.82, 2.24) is 0 Å². The third-order valence-corrected chi connectivity index (χ3v) is 4.93. The summed E-state index contributed by atoms with van der Waals surface area (Å²) >= 11 is 6.27. The maximum absolute atomic E-state index is 12.2. The Labute approximate surface area is 173 Å². The van der Waals surface area contributed by atoms with Crippen LogP contribution in [0.2, 0.25) is 5.02 Å². The quantitative estimate of drug-likeness (QED) is 0.542. The van der Waals surface area contributed by atoms with E-state index < -0.39 is 11.9 Å². The molecule has 0 saturated carbocycles. The third-order valence-electron chi connectivity index (χ3n) is 4.60. The standard InChI is InChI=1S/C23H19ClO5/c1-14-11-17(22(25)26)20(16-9-5-6-10-19(16)24)21(23(27)28)18(14)13-29-12-15-7-3-2-4-8-15/h2-11H,12-13H2,1H3,(H,25,26)(H,27,28). The molecule has 0 radical (unpaired) electrons. The van der Waals surface area contributed by atoms with Gasteiger partial charge < -0.3 is 14.9 Å². The molecule has 5 nitrogen and oxygen atoms in total. The zero-order valence-electron chi connectivity index (χ0n) is 15.7. The minimum absolute atomic E-state index is 0.0275. The molecule has 29 heavy (non-hydrogen) atoms. The molecule has 0 atom stereocenters. The van der Waals surface area contributed by atoms with Crippen molar-refractivity contribution in [2.45, 2.75) is 20.1 Å². The molecule has 0 aliphatic heterocycles. The summed E-state index contributed by atoms with van der Waals surface area (Å²) in [5.41, 5.74) is 2.13. The number of rotatable bonds is 7. The van der Waals surface area contributed by atoms with Crippen LogP contribution in [0.4, 0.5) is 0 Å². The highest BCUT2D eigenvalue weighted by Crippen LogP contribution is 2.37. The predicted molar refractivity (Wildman–Crippen MR) is 110 cm³/mol. The van der Waals surface area contributed by atoms with Gasteiger partial charge in [-0.05, 0) is 35.7 Å². The van der Waals surface area contributed by atoms with Crippen LogP contribution in [0.25, 0.3) is 11.1 Å². The average Bonchev–Trinajstić information content (AvgIpc) is 2.69. The van der Waals surface area contributed by atoms with Crippen molar-refractivity contribution in [3.63, 3.8) is 0 Å². The zero-order valence-corrected chi connectivity index (χ0v) is 16.4. The van der Waals surface area contributed by atoms with E-state index in [0.717, 1.165) is 5.56 Å². The number of benzene rings is 3. The molecule has 6 heteroatoms. The molecule has 0 heterocycles. The van der Waals surface area contributed by atoms with E-state index in [1.54, 1.807) is 31.2 Å². The van der Waals surface area contributed by atoms with Gasteiger partial charge in [0.25, 0.3) is 0 Å². The first-order chi connectivity index (χ1) is 13.9. The van der Waals surface area contributed by atoms with Crippen LogP contribution in [0.3, 0.4) is 0 Å². The first-order valence-corrected chi connectivity index (χ1v) is 9.27. The summed E-state index contributed by atoms with van der Waals surface area (Å²) in [5.74, 6) is -2.45. The van der Waals surface area contributed by atoms with Crippen molar-refractivity contribution < 1.29 is 24.5 Å². The fourth-order valence-corrected chi connectivity index (χ4v) is 3.47. The lowest BCUT2D eigenvalue weighted by Crippen LogP contribution is -2.13. The van der Waals surface area contributed by atoms with E-state index in [9.17, 15) is 19.8 Å². The summed E-state index contributed by atoms with van der Waals surface area (Å²) in [6.45, 7) is 2.01. The number of carboxylic acid groups (broad SMARTS) is 2. The van der Waals surface area contributed by atoms with Crippen LogP contribution in [-0.4, -0.2) is 22.2 Å². The highest BCUT2D eigenvalue weighted by molar-refractivity contribution is 6.33. The molecule has 0 amide bonds. The van der Waals surface area contributed by atoms with Crippen LogP contribution in [0.1, 0.15) is 37.4 Å². The van der Waals surface area contributed by atoms with Crippen LogP contribution < -0.4 is 0 Å². The van der Waals surface area contributed by atoms with Gasteiger partial charge in [0, 0.05) is 16.1 Å². The second-order valence-electron chi connectivity index (χ2n) is 6.54. The molecule has 3 aromatic carbocycles. The van der Waals surface area contributed by atoms with Gasteiger partial charge in [0.1, 0.15) is 0 Å². The zero-order chi connectivity index (χ0) is 21.0. The molecule has 0 saturated heterocycles. The van der Waals surface area contributed by atoms with Gasteiger partial charge in [-0.1, -0.05) is 60.1 Å². The van der Waals surface area contributed by atoms with Crippen molar-refractivity contribution in [2.75, 3.05) is 0 Å². The maximum Gasteiger partial charge on any atom is 0.336 e. The van der Waals surface area contributed by atoms with Crippen molar-refractivity contribution in [3.05, 3.63) is 93.5 Å². The molecule has 0 aliphatic rings. The Kier molecular flexibility index (Phi) is 6.32. The van der Waals surface area contributed by atoms with E-state index >= 15 is 0 Å². The van der Waals surface area contributed by atoms with Gasteiger partial charge in [0.05, 0.1) is 24.3 Å². The summed E-state index contributed by atoms with van der Waals surface area (Å²) in [5, 5.41) is 19.9. The Morgan fingerprint density at radius 2 is 1.59 bits per heavy atom. The highest BCUT2D eigenvalue weighted by atomic mass is 35.5. The van der Waals surface area contributed by atoms with Gasteiger partial charge in [-0.15, -0.1) is 0 Å². The maximum atomic E-state index is 12.2. The number of aromatic carboxylic acids is 2. The normalized spacial score (nSPS) is 10.7. The smallest absolute Gasteiger partial charge is 0.336 e. The lowest BCUT2D eigenvalue weighted by Gasteiger charge is -2.18. The van der Waals surface area contributed by atoms with Gasteiger partial charge in [-0.2, -0.15) is 0 Å². The van der Waals surface area contributed by atoms with E-state index in [0.29, 0.717) is 23.3 Å². The van der Waals surface area contributed by atoms with E-state index in [4.69, 9.17) is 16.3 Å². The molecule has 3 rings (SSSR count). The number of carboxylic acids is 2. The Hall–Kier alpha value is -3.15. The largest absolute Gasteiger partial charge is 0.478 e. The molecule has 0 aromatic heterocycles. The lowest BCUT2D eigenvalue weighted by atomic mass is 9.88. The van der Waals surface area contributed by atoms with Crippen LogP contribution in [0, 0.1) is 6.92 Å². The molecule has 0 unspecified atom stereocenters. The van der Waals surface area contributed by atoms with Gasteiger partial charge >= 0.3 is 11.9 Å². The number of carbonyl (C=O) groups is 2. The van der Waals surface area contributed by atoms with Crippen molar-refractivity contribution in [2.24, 2.45) is 0 Å². The SMILES string of the molecule is Cc1cc(C(=O)O)c(-c2ccccc2Cl)c(C(=O)O)c1COCc1ccccc1. The summed E-state index contributed by atoms with van der Waals surface area (Å²) in [7, 11) is 0. The van der Waals surface area contributed by atoms with Crippen LogP contribution in [0.15, 0.2) is 60.7 Å². The second kappa shape index (κ2) is 8.90. The predicted octanol–water partition coefficient (Wildman–Crippen LogP) is 5.43. The molecule has 0 aliphatic carbocycles. The molecule has 0 spiro atoms. The molecular formula is C23H19ClO5. The average molecular weight is 411 g/mol. The molecule has 148 valence electrons. The van der Waals surface area contributed by atoms with Crippen molar-refractivity contribution in [3.8, 4) is 11.1 Å². The Bertz CT molecular complexity index is 1060. The van der Waals surface area contributed by atoms with Gasteiger partial charge in [0.15, 0.2) is 0 Å². The first-order valence-electron chi connectivity index (χ1n) is 8.89. The van der Waals surface area contributed by atoms with E-state index in [1.165, 1.54) is 6.07 Å². The van der Waals surface area contributed by atoms with Crippen molar-refractivity contribution in [1.29, 1.82) is 0 Å². The van der Waals surface area contributed by atoms with Crippen LogP contribution in [0.5, 0.6) is 0 Å². The van der Waals surface area contributed by atoms with Crippen LogP contribution >= 0.6 is 11.6 Å². The minimum Gasteiger partial charge on any atom is -0.478 e. The summed E-state index contributed by atoms with van der Waals surface area (Å²) < 4.78 is 5.76. The fourth-order valence-electron chi connectivity index (χ4n) is 3.24. The number of hydrogen-bond donors (Lipinski definition) is 2. The third kappa shape index (κ3) is 4.47. The summed E-state index contributed by atoms with van der Waals surface area (Å²) in [6, 6.07) is 17.6. The Balaban J connectivity index is 2.11. The number of ether oxygens (including phenoxy) is 1. The lowest BCUT2D eigenvalue weighted by molar-refractivity contribution is 0.0684. The highest BCUT2D eigenvalue weighted by Gasteiger charge is 2.26. The molecule has 0 bridgehead atoms. The van der Waals surface area contributed by atoms with Gasteiger partial charge in [-0.25, -0.2) is 9.59 Å². The van der Waals surface area contributed by atoms with Gasteiger partial charge in [0.2, 0.25) is 0 Å². The van der Waals surface area contributed by atoms with Gasteiger partial charge in [-0.3, -0.25) is 0 Å². The second-order valence-corrected chi connectivity index (χ2v) is 6.95. The van der Waals surface area contributed by atoms with Crippen LogP contribution in [-0.2, 0) is 18.0 Å². The molecule has 0 fully saturated rings. The fraction of sp³-hybridized carbons (Fsp3) is 0.130. The first kappa shape index (κ1) is 20.6. The minimum atomic E-state index is -1.23. The van der Waals surface area contributed by atoms with E-state index in [1.807, 2.05) is 30.3 Å². The Morgan fingerprint density at radius 1 is 0.931 bits per heavy atom. The number of hydrogen-bond acceptors (Lipinski definition) is 3. The topological polar surface area (TPSA) is 83.8 Å². The molecular weight excluding hydrogens is 392 g/mol. The van der Waals surface area contributed by atoms with E-state index in [2.05, 4.69) is 0 Å².